The number of hydrogen-bond donors (Lipinski definition) is 1. The molecular formula is C14H11N3O2S. The fourth-order valence-corrected chi connectivity index (χ4v) is 2.16. The van der Waals surface area contributed by atoms with Gasteiger partial charge in [0.15, 0.2) is 0 Å². The standard InChI is InChI=1S/C14H11N3O2S/c1-20-13-4-2-3-11(8-13)16-14-6-5-12(17(18)19)7-10(14)9-15/h2-8,16H,1H3. The first-order valence-corrected chi connectivity index (χ1v) is 6.96. The van der Waals surface area contributed by atoms with Crippen LogP contribution in [0.1, 0.15) is 5.56 Å². The zero-order valence-electron chi connectivity index (χ0n) is 10.7. The minimum atomic E-state index is -0.515. The fraction of sp³-hybridized carbons (Fsp3) is 0.0714. The van der Waals surface area contributed by atoms with Crippen molar-refractivity contribution in [1.82, 2.24) is 0 Å². The topological polar surface area (TPSA) is 79.0 Å². The Balaban J connectivity index is 2.33. The molecule has 5 nitrogen and oxygen atoms in total. The van der Waals surface area contributed by atoms with Crippen molar-refractivity contribution in [2.45, 2.75) is 4.90 Å². The van der Waals surface area contributed by atoms with Crippen molar-refractivity contribution in [3.05, 3.63) is 58.1 Å². The molecule has 2 aromatic carbocycles. The lowest BCUT2D eigenvalue weighted by atomic mass is 10.1. The second-order valence-corrected chi connectivity index (χ2v) is 4.84. The Hall–Kier alpha value is -2.52. The summed E-state index contributed by atoms with van der Waals surface area (Å²) in [6, 6.07) is 13.9. The van der Waals surface area contributed by atoms with Gasteiger partial charge in [0, 0.05) is 22.7 Å². The second kappa shape index (κ2) is 6.08. The number of benzene rings is 2. The predicted molar refractivity (Wildman–Crippen MR) is 79.3 cm³/mol. The maximum Gasteiger partial charge on any atom is 0.270 e. The number of nitro benzene ring substituents is 1. The largest absolute Gasteiger partial charge is 0.354 e. The first-order chi connectivity index (χ1) is 9.63. The zero-order valence-corrected chi connectivity index (χ0v) is 11.5. The number of non-ortho nitro benzene ring substituents is 1. The number of hydrogen-bond acceptors (Lipinski definition) is 5. The molecule has 0 aliphatic heterocycles. The summed E-state index contributed by atoms with van der Waals surface area (Å²) < 4.78 is 0. The molecular weight excluding hydrogens is 274 g/mol. The molecule has 0 spiro atoms. The number of nitrogens with zero attached hydrogens (tertiary/aromatic N) is 2. The summed E-state index contributed by atoms with van der Waals surface area (Å²) in [6.45, 7) is 0. The quantitative estimate of drug-likeness (QED) is 0.523. The Bertz CT molecular complexity index is 695. The molecule has 0 unspecified atom stereocenters. The van der Waals surface area contributed by atoms with Crippen LogP contribution in [0.25, 0.3) is 0 Å². The van der Waals surface area contributed by atoms with E-state index in [0.29, 0.717) is 5.69 Å². The summed E-state index contributed by atoms with van der Waals surface area (Å²) in [5.74, 6) is 0. The van der Waals surface area contributed by atoms with Crippen LogP contribution in [-0.2, 0) is 0 Å². The summed E-state index contributed by atoms with van der Waals surface area (Å²) in [6.07, 6.45) is 1.98. The van der Waals surface area contributed by atoms with Crippen LogP contribution in [0.5, 0.6) is 0 Å². The summed E-state index contributed by atoms with van der Waals surface area (Å²) in [5.41, 5.74) is 1.54. The highest BCUT2D eigenvalue weighted by Gasteiger charge is 2.10. The molecule has 100 valence electrons. The highest BCUT2D eigenvalue weighted by molar-refractivity contribution is 7.98. The van der Waals surface area contributed by atoms with E-state index >= 15 is 0 Å². The highest BCUT2D eigenvalue weighted by Crippen LogP contribution is 2.26. The van der Waals surface area contributed by atoms with E-state index in [1.54, 1.807) is 17.8 Å². The fourth-order valence-electron chi connectivity index (χ4n) is 1.70. The highest BCUT2D eigenvalue weighted by atomic mass is 32.2. The van der Waals surface area contributed by atoms with Crippen molar-refractivity contribution in [3.8, 4) is 6.07 Å². The smallest absolute Gasteiger partial charge is 0.270 e. The Morgan fingerprint density at radius 2 is 2.10 bits per heavy atom. The second-order valence-electron chi connectivity index (χ2n) is 3.96. The molecule has 0 fully saturated rings. The lowest BCUT2D eigenvalue weighted by Gasteiger charge is -2.09. The van der Waals surface area contributed by atoms with Crippen molar-refractivity contribution in [2.24, 2.45) is 0 Å². The molecule has 1 N–H and O–H groups in total. The van der Waals surface area contributed by atoms with Crippen LogP contribution in [0.15, 0.2) is 47.4 Å². The summed E-state index contributed by atoms with van der Waals surface area (Å²) in [5, 5.41) is 22.9. The third-order valence-corrected chi connectivity index (χ3v) is 3.41. The van der Waals surface area contributed by atoms with Gasteiger partial charge in [0.2, 0.25) is 0 Å². The number of anilines is 2. The average Bonchev–Trinajstić information content (AvgIpc) is 2.47. The first kappa shape index (κ1) is 13.9. The molecule has 0 bridgehead atoms. The van der Waals surface area contributed by atoms with E-state index < -0.39 is 4.92 Å². The van der Waals surface area contributed by atoms with Gasteiger partial charge in [0.05, 0.1) is 16.2 Å². The molecule has 0 aromatic heterocycles. The molecule has 2 rings (SSSR count). The van der Waals surface area contributed by atoms with Crippen molar-refractivity contribution < 1.29 is 4.92 Å². The lowest BCUT2D eigenvalue weighted by Crippen LogP contribution is -1.96. The maximum absolute atomic E-state index is 10.7. The number of nitriles is 1. The maximum atomic E-state index is 10.7. The minimum absolute atomic E-state index is 0.0926. The molecule has 6 heteroatoms. The van der Waals surface area contributed by atoms with Gasteiger partial charge in [-0.15, -0.1) is 11.8 Å². The molecule has 0 aliphatic rings. The number of rotatable bonds is 4. The summed E-state index contributed by atoms with van der Waals surface area (Å²) in [7, 11) is 0. The van der Waals surface area contributed by atoms with E-state index in [0.717, 1.165) is 10.6 Å². The van der Waals surface area contributed by atoms with E-state index in [-0.39, 0.29) is 11.3 Å². The van der Waals surface area contributed by atoms with Crippen LogP contribution in [0, 0.1) is 21.4 Å². The van der Waals surface area contributed by atoms with Crippen molar-refractivity contribution >= 4 is 28.8 Å². The zero-order chi connectivity index (χ0) is 14.5. The summed E-state index contributed by atoms with van der Waals surface area (Å²) >= 11 is 1.62. The van der Waals surface area contributed by atoms with Gasteiger partial charge in [-0.1, -0.05) is 6.07 Å². The molecule has 2 aromatic rings. The Morgan fingerprint density at radius 3 is 2.75 bits per heavy atom. The average molecular weight is 285 g/mol. The molecule has 0 amide bonds. The lowest BCUT2D eigenvalue weighted by molar-refractivity contribution is -0.384. The van der Waals surface area contributed by atoms with Crippen LogP contribution in [0.2, 0.25) is 0 Å². The molecule has 0 saturated heterocycles. The van der Waals surface area contributed by atoms with Gasteiger partial charge in [0.25, 0.3) is 5.69 Å². The van der Waals surface area contributed by atoms with Crippen molar-refractivity contribution in [1.29, 1.82) is 5.26 Å². The SMILES string of the molecule is CSc1cccc(Nc2ccc([N+](=O)[O-])cc2C#N)c1. The third kappa shape index (κ3) is 3.08. The van der Waals surface area contributed by atoms with Crippen LogP contribution < -0.4 is 5.32 Å². The van der Waals surface area contributed by atoms with E-state index in [1.807, 2.05) is 36.6 Å². The molecule has 20 heavy (non-hydrogen) atoms. The molecule has 0 heterocycles. The number of thioether (sulfide) groups is 1. The number of nitro groups is 1. The van der Waals surface area contributed by atoms with E-state index in [2.05, 4.69) is 5.32 Å². The number of nitrogens with one attached hydrogen (secondary N) is 1. The van der Waals surface area contributed by atoms with Gasteiger partial charge in [-0.05, 0) is 30.5 Å². The molecule has 0 atom stereocenters. The van der Waals surface area contributed by atoms with E-state index in [1.165, 1.54) is 12.1 Å². The monoisotopic (exact) mass is 285 g/mol. The molecule has 0 aliphatic carbocycles. The first-order valence-electron chi connectivity index (χ1n) is 5.73. The normalized spacial score (nSPS) is 9.80. The van der Waals surface area contributed by atoms with E-state index in [4.69, 9.17) is 5.26 Å². The van der Waals surface area contributed by atoms with Gasteiger partial charge in [-0.2, -0.15) is 5.26 Å². The van der Waals surface area contributed by atoms with Crippen LogP contribution in [0.4, 0.5) is 17.1 Å². The van der Waals surface area contributed by atoms with Crippen molar-refractivity contribution in [2.75, 3.05) is 11.6 Å². The van der Waals surface area contributed by atoms with Gasteiger partial charge >= 0.3 is 0 Å². The molecule has 0 saturated carbocycles. The third-order valence-electron chi connectivity index (χ3n) is 2.68. The Labute approximate surface area is 120 Å². The van der Waals surface area contributed by atoms with Gasteiger partial charge < -0.3 is 5.32 Å². The molecule has 0 radical (unpaired) electrons. The van der Waals surface area contributed by atoms with Gasteiger partial charge in [0.1, 0.15) is 6.07 Å². The minimum Gasteiger partial charge on any atom is -0.354 e. The van der Waals surface area contributed by atoms with Gasteiger partial charge in [-0.25, -0.2) is 0 Å². The summed E-state index contributed by atoms with van der Waals surface area (Å²) in [4.78, 5) is 11.3. The van der Waals surface area contributed by atoms with Crippen LogP contribution in [-0.4, -0.2) is 11.2 Å². The van der Waals surface area contributed by atoms with Crippen molar-refractivity contribution in [3.63, 3.8) is 0 Å². The van der Waals surface area contributed by atoms with Gasteiger partial charge in [-0.3, -0.25) is 10.1 Å². The van der Waals surface area contributed by atoms with Crippen LogP contribution >= 0.6 is 11.8 Å². The Kier molecular flexibility index (Phi) is 4.23. The van der Waals surface area contributed by atoms with Crippen LogP contribution in [0.3, 0.4) is 0 Å². The predicted octanol–water partition coefficient (Wildman–Crippen LogP) is 3.93. The van der Waals surface area contributed by atoms with E-state index in [9.17, 15) is 10.1 Å². The Morgan fingerprint density at radius 1 is 1.30 bits per heavy atom.